The molecule has 2 aromatic carbocycles. The maximum Gasteiger partial charge on any atom is 0.180 e. The fourth-order valence-corrected chi connectivity index (χ4v) is 2.18. The van der Waals surface area contributed by atoms with Gasteiger partial charge in [-0.15, -0.1) is 0 Å². The summed E-state index contributed by atoms with van der Waals surface area (Å²) in [5.41, 5.74) is 6.57. The minimum atomic E-state index is -1.55. The van der Waals surface area contributed by atoms with Crippen LogP contribution >= 0.6 is 15.9 Å². The zero-order valence-electron chi connectivity index (χ0n) is 7.81. The Morgan fingerprint density at radius 2 is 1.73 bits per heavy atom. The number of nitrogen functional groups attached to an aromatic ring is 1. The van der Waals surface area contributed by atoms with Crippen LogP contribution in [0.2, 0.25) is 0 Å². The molecule has 2 aromatic rings. The highest BCUT2D eigenvalue weighted by molar-refractivity contribution is 9.10. The van der Waals surface area contributed by atoms with Gasteiger partial charge in [0.15, 0.2) is 6.29 Å². The summed E-state index contributed by atoms with van der Waals surface area (Å²) >= 11 is 3.37. The molecular formula is C11H10BrNO2. The Hall–Kier alpha value is -1.10. The average Bonchev–Trinajstić information content (AvgIpc) is 2.23. The van der Waals surface area contributed by atoms with E-state index in [0.717, 1.165) is 15.2 Å². The topological polar surface area (TPSA) is 66.5 Å². The van der Waals surface area contributed by atoms with Crippen molar-refractivity contribution in [2.75, 3.05) is 5.73 Å². The molecule has 78 valence electrons. The number of anilines is 1. The van der Waals surface area contributed by atoms with Gasteiger partial charge in [-0.2, -0.15) is 0 Å². The number of nitrogens with two attached hydrogens (primary N) is 1. The lowest BCUT2D eigenvalue weighted by atomic mass is 10.0. The lowest BCUT2D eigenvalue weighted by Gasteiger charge is -2.12. The third kappa shape index (κ3) is 1.71. The zero-order valence-corrected chi connectivity index (χ0v) is 9.40. The van der Waals surface area contributed by atoms with Crippen LogP contribution < -0.4 is 5.73 Å². The van der Waals surface area contributed by atoms with E-state index in [-0.39, 0.29) is 0 Å². The van der Waals surface area contributed by atoms with Crippen LogP contribution in [0, 0.1) is 0 Å². The second-order valence-electron chi connectivity index (χ2n) is 3.28. The molecule has 0 aliphatic carbocycles. The van der Waals surface area contributed by atoms with E-state index in [2.05, 4.69) is 15.9 Å². The molecule has 4 heteroatoms. The van der Waals surface area contributed by atoms with E-state index in [9.17, 15) is 0 Å². The van der Waals surface area contributed by atoms with Gasteiger partial charge in [0.1, 0.15) is 0 Å². The normalized spacial score (nSPS) is 11.2. The van der Waals surface area contributed by atoms with Crippen LogP contribution in [0.5, 0.6) is 0 Å². The predicted molar refractivity (Wildman–Crippen MR) is 63.2 cm³/mol. The summed E-state index contributed by atoms with van der Waals surface area (Å²) in [6, 6.07) is 9.16. The molecule has 0 aromatic heterocycles. The lowest BCUT2D eigenvalue weighted by molar-refractivity contribution is -0.0418. The number of rotatable bonds is 1. The van der Waals surface area contributed by atoms with Crippen LogP contribution in [0.3, 0.4) is 0 Å². The Bertz CT molecular complexity index is 511. The van der Waals surface area contributed by atoms with Crippen molar-refractivity contribution in [1.29, 1.82) is 0 Å². The van der Waals surface area contributed by atoms with Crippen molar-refractivity contribution in [1.82, 2.24) is 0 Å². The molecule has 0 radical (unpaired) electrons. The molecule has 0 unspecified atom stereocenters. The van der Waals surface area contributed by atoms with Crippen molar-refractivity contribution in [2.24, 2.45) is 0 Å². The van der Waals surface area contributed by atoms with E-state index in [1.165, 1.54) is 0 Å². The van der Waals surface area contributed by atoms with Gasteiger partial charge in [0.2, 0.25) is 0 Å². The van der Waals surface area contributed by atoms with Gasteiger partial charge in [0.25, 0.3) is 0 Å². The maximum absolute atomic E-state index is 9.14. The number of hydrogen-bond acceptors (Lipinski definition) is 3. The summed E-state index contributed by atoms with van der Waals surface area (Å²) < 4.78 is 0.801. The molecule has 0 spiro atoms. The van der Waals surface area contributed by atoms with Gasteiger partial charge in [-0.05, 0) is 11.5 Å². The minimum Gasteiger partial charge on any atom is -0.398 e. The Morgan fingerprint density at radius 3 is 2.33 bits per heavy atom. The summed E-state index contributed by atoms with van der Waals surface area (Å²) in [6.45, 7) is 0. The standard InChI is InChI=1S/C11H10BrNO2/c12-9-5-8(11(14)15)10(13)7-4-2-1-3-6(7)9/h1-5,11,14-15H,13H2. The molecule has 2 rings (SSSR count). The van der Waals surface area contributed by atoms with Crippen LogP contribution in [-0.4, -0.2) is 10.2 Å². The van der Waals surface area contributed by atoms with Crippen molar-refractivity contribution >= 4 is 32.4 Å². The first-order chi connectivity index (χ1) is 7.11. The molecule has 0 saturated carbocycles. The van der Waals surface area contributed by atoms with Crippen molar-refractivity contribution < 1.29 is 10.2 Å². The van der Waals surface area contributed by atoms with E-state index in [1.54, 1.807) is 6.07 Å². The van der Waals surface area contributed by atoms with Gasteiger partial charge in [-0.3, -0.25) is 0 Å². The highest BCUT2D eigenvalue weighted by atomic mass is 79.9. The third-order valence-corrected chi connectivity index (χ3v) is 3.00. The number of halogens is 1. The van der Waals surface area contributed by atoms with Gasteiger partial charge in [0, 0.05) is 21.1 Å². The Balaban J connectivity index is 2.84. The molecule has 4 N–H and O–H groups in total. The molecule has 0 heterocycles. The maximum atomic E-state index is 9.14. The molecule has 0 aliphatic heterocycles. The predicted octanol–water partition coefficient (Wildman–Crippen LogP) is 2.17. The third-order valence-electron chi connectivity index (χ3n) is 2.35. The SMILES string of the molecule is Nc1c(C(O)O)cc(Br)c2ccccc12. The summed E-state index contributed by atoms with van der Waals surface area (Å²) in [4.78, 5) is 0. The summed E-state index contributed by atoms with van der Waals surface area (Å²) in [5.74, 6) is 0. The number of benzene rings is 2. The second kappa shape index (κ2) is 3.81. The van der Waals surface area contributed by atoms with Gasteiger partial charge < -0.3 is 15.9 Å². The Labute approximate surface area is 95.3 Å². The average molecular weight is 268 g/mol. The van der Waals surface area contributed by atoms with Crippen LogP contribution in [0.25, 0.3) is 10.8 Å². The van der Waals surface area contributed by atoms with Crippen LogP contribution in [0.1, 0.15) is 11.9 Å². The number of aliphatic hydroxyl groups excluding tert-OH is 1. The fraction of sp³-hybridized carbons (Fsp3) is 0.0909. The van der Waals surface area contributed by atoms with E-state index in [4.69, 9.17) is 15.9 Å². The fourth-order valence-electron chi connectivity index (χ4n) is 1.59. The molecule has 0 atom stereocenters. The molecule has 3 nitrogen and oxygen atoms in total. The van der Waals surface area contributed by atoms with Crippen molar-refractivity contribution in [2.45, 2.75) is 6.29 Å². The highest BCUT2D eigenvalue weighted by Crippen LogP contribution is 2.33. The minimum absolute atomic E-state index is 0.320. The largest absolute Gasteiger partial charge is 0.398 e. The quantitative estimate of drug-likeness (QED) is 0.548. The molecule has 0 aliphatic rings. The summed E-state index contributed by atoms with van der Waals surface area (Å²) in [6.07, 6.45) is -1.55. The molecule has 0 amide bonds. The summed E-state index contributed by atoms with van der Waals surface area (Å²) in [5, 5.41) is 20.1. The second-order valence-corrected chi connectivity index (χ2v) is 4.13. The molecule has 0 bridgehead atoms. The first-order valence-corrected chi connectivity index (χ1v) is 5.23. The van der Waals surface area contributed by atoms with Crippen LogP contribution in [-0.2, 0) is 0 Å². The summed E-state index contributed by atoms with van der Waals surface area (Å²) in [7, 11) is 0. The first-order valence-electron chi connectivity index (χ1n) is 4.44. The van der Waals surface area contributed by atoms with Crippen molar-refractivity contribution in [3.05, 3.63) is 40.4 Å². The van der Waals surface area contributed by atoms with E-state index in [1.807, 2.05) is 24.3 Å². The smallest absolute Gasteiger partial charge is 0.180 e. The molecule has 15 heavy (non-hydrogen) atoms. The number of aliphatic hydroxyl groups is 2. The van der Waals surface area contributed by atoms with Crippen LogP contribution in [0.15, 0.2) is 34.8 Å². The number of hydrogen-bond donors (Lipinski definition) is 3. The van der Waals surface area contributed by atoms with E-state index >= 15 is 0 Å². The molecule has 0 saturated heterocycles. The molecular weight excluding hydrogens is 258 g/mol. The highest BCUT2D eigenvalue weighted by Gasteiger charge is 2.12. The van der Waals surface area contributed by atoms with E-state index in [0.29, 0.717) is 11.3 Å². The zero-order chi connectivity index (χ0) is 11.0. The van der Waals surface area contributed by atoms with Crippen molar-refractivity contribution in [3.63, 3.8) is 0 Å². The van der Waals surface area contributed by atoms with Gasteiger partial charge in [-0.25, -0.2) is 0 Å². The van der Waals surface area contributed by atoms with Gasteiger partial charge in [-0.1, -0.05) is 40.2 Å². The monoisotopic (exact) mass is 267 g/mol. The van der Waals surface area contributed by atoms with Gasteiger partial charge in [0.05, 0.1) is 0 Å². The van der Waals surface area contributed by atoms with Gasteiger partial charge >= 0.3 is 0 Å². The first kappa shape index (κ1) is 10.4. The van der Waals surface area contributed by atoms with Crippen molar-refractivity contribution in [3.8, 4) is 0 Å². The number of fused-ring (bicyclic) bond motifs is 1. The Morgan fingerprint density at radius 1 is 1.13 bits per heavy atom. The Kier molecular flexibility index (Phi) is 2.65. The van der Waals surface area contributed by atoms with E-state index < -0.39 is 6.29 Å². The lowest BCUT2D eigenvalue weighted by Crippen LogP contribution is -2.01. The van der Waals surface area contributed by atoms with Crippen LogP contribution in [0.4, 0.5) is 5.69 Å². The molecule has 0 fully saturated rings.